The molecule has 0 rings (SSSR count). The number of esters is 3. The van der Waals surface area contributed by atoms with Gasteiger partial charge in [-0.25, -0.2) is 0 Å². The molecule has 0 spiro atoms. The van der Waals surface area contributed by atoms with Crippen molar-refractivity contribution in [2.24, 2.45) is 0 Å². The van der Waals surface area contributed by atoms with E-state index in [2.05, 4.69) is 93.7 Å². The molecule has 0 heterocycles. The fourth-order valence-corrected chi connectivity index (χ4v) is 6.10. The Hall–Kier alpha value is -3.41. The molecular formula is C52H86O6. The van der Waals surface area contributed by atoms with Gasteiger partial charge in [-0.1, -0.05) is 183 Å². The first kappa shape index (κ1) is 54.6. The molecule has 0 saturated carbocycles. The molecule has 6 nitrogen and oxygen atoms in total. The lowest BCUT2D eigenvalue weighted by molar-refractivity contribution is -0.166. The van der Waals surface area contributed by atoms with Crippen LogP contribution < -0.4 is 0 Å². The van der Waals surface area contributed by atoms with Crippen molar-refractivity contribution < 1.29 is 28.6 Å². The van der Waals surface area contributed by atoms with E-state index in [1.54, 1.807) is 6.08 Å². The van der Waals surface area contributed by atoms with Gasteiger partial charge in [0.05, 0.1) is 6.42 Å². The third kappa shape index (κ3) is 43.7. The van der Waals surface area contributed by atoms with Crippen LogP contribution >= 0.6 is 0 Å². The van der Waals surface area contributed by atoms with Crippen LogP contribution in [0.5, 0.6) is 0 Å². The number of allylic oxidation sites excluding steroid dienone is 13. The van der Waals surface area contributed by atoms with Crippen molar-refractivity contribution in [3.63, 3.8) is 0 Å². The highest BCUT2D eigenvalue weighted by atomic mass is 16.6. The van der Waals surface area contributed by atoms with Crippen LogP contribution in [-0.2, 0) is 28.6 Å². The van der Waals surface area contributed by atoms with Crippen molar-refractivity contribution in [3.8, 4) is 0 Å². The summed E-state index contributed by atoms with van der Waals surface area (Å²) in [6.07, 6.45) is 58.8. The number of rotatable bonds is 41. The Labute approximate surface area is 356 Å². The van der Waals surface area contributed by atoms with Crippen molar-refractivity contribution in [3.05, 3.63) is 85.1 Å². The van der Waals surface area contributed by atoms with Crippen molar-refractivity contribution in [2.45, 2.75) is 213 Å². The molecule has 6 heteroatoms. The normalized spacial score (nSPS) is 12.8. The Morgan fingerprint density at radius 2 is 0.776 bits per heavy atom. The van der Waals surface area contributed by atoms with E-state index in [0.717, 1.165) is 103 Å². The van der Waals surface area contributed by atoms with Gasteiger partial charge in [0.1, 0.15) is 13.2 Å². The second-order valence-electron chi connectivity index (χ2n) is 15.3. The molecule has 0 aliphatic carbocycles. The van der Waals surface area contributed by atoms with Crippen molar-refractivity contribution in [1.29, 1.82) is 0 Å². The Morgan fingerprint density at radius 3 is 1.26 bits per heavy atom. The van der Waals surface area contributed by atoms with E-state index in [1.165, 1.54) is 64.2 Å². The SMILES string of the molecule is CC/C=C\C/C=C\C/C=C\C/C=C\C/C=C\CC(=O)OCC(COC(=O)CCCCCCC/C=C\CCC)OC(=O)CCCCCCC/C=C\CCCCCCCC. The van der Waals surface area contributed by atoms with Gasteiger partial charge in [0.25, 0.3) is 0 Å². The molecule has 0 N–H and O–H groups in total. The summed E-state index contributed by atoms with van der Waals surface area (Å²) in [6, 6.07) is 0. The van der Waals surface area contributed by atoms with E-state index >= 15 is 0 Å². The summed E-state index contributed by atoms with van der Waals surface area (Å²) in [7, 11) is 0. The number of hydrogen-bond acceptors (Lipinski definition) is 6. The van der Waals surface area contributed by atoms with Gasteiger partial charge in [-0.15, -0.1) is 0 Å². The largest absolute Gasteiger partial charge is 0.462 e. The van der Waals surface area contributed by atoms with E-state index in [9.17, 15) is 14.4 Å². The van der Waals surface area contributed by atoms with Gasteiger partial charge in [-0.2, -0.15) is 0 Å². The summed E-state index contributed by atoms with van der Waals surface area (Å²) < 4.78 is 16.6. The molecule has 0 aromatic carbocycles. The Balaban J connectivity index is 4.52. The van der Waals surface area contributed by atoms with Gasteiger partial charge in [0.15, 0.2) is 6.10 Å². The fourth-order valence-electron chi connectivity index (χ4n) is 6.10. The summed E-state index contributed by atoms with van der Waals surface area (Å²) in [5, 5.41) is 0. The van der Waals surface area contributed by atoms with Gasteiger partial charge in [-0.3, -0.25) is 14.4 Å². The summed E-state index contributed by atoms with van der Waals surface area (Å²) in [6.45, 7) is 6.33. The predicted octanol–water partition coefficient (Wildman–Crippen LogP) is 15.3. The second kappa shape index (κ2) is 46.3. The molecular weight excluding hydrogens is 721 g/mol. The van der Waals surface area contributed by atoms with E-state index in [0.29, 0.717) is 12.8 Å². The molecule has 1 atom stereocenters. The van der Waals surface area contributed by atoms with Crippen LogP contribution in [-0.4, -0.2) is 37.2 Å². The van der Waals surface area contributed by atoms with Gasteiger partial charge >= 0.3 is 17.9 Å². The summed E-state index contributed by atoms with van der Waals surface area (Å²) in [5.41, 5.74) is 0. The second-order valence-corrected chi connectivity index (χ2v) is 15.3. The van der Waals surface area contributed by atoms with Gasteiger partial charge < -0.3 is 14.2 Å². The molecule has 0 aliphatic heterocycles. The number of carbonyl (C=O) groups excluding carboxylic acids is 3. The maximum atomic E-state index is 12.7. The molecule has 0 aromatic heterocycles. The molecule has 0 saturated heterocycles. The third-order valence-electron chi connectivity index (χ3n) is 9.62. The molecule has 0 aromatic rings. The van der Waals surface area contributed by atoms with Crippen molar-refractivity contribution >= 4 is 17.9 Å². The summed E-state index contributed by atoms with van der Waals surface area (Å²) in [4.78, 5) is 37.7. The Kier molecular flexibility index (Phi) is 43.6. The molecule has 0 aliphatic rings. The van der Waals surface area contributed by atoms with Crippen molar-refractivity contribution in [1.82, 2.24) is 0 Å². The van der Waals surface area contributed by atoms with Crippen LogP contribution in [0.25, 0.3) is 0 Å². The highest BCUT2D eigenvalue weighted by Gasteiger charge is 2.19. The zero-order valence-electron chi connectivity index (χ0n) is 37.5. The van der Waals surface area contributed by atoms with Crippen molar-refractivity contribution in [2.75, 3.05) is 13.2 Å². The number of carbonyl (C=O) groups is 3. The maximum Gasteiger partial charge on any atom is 0.309 e. The van der Waals surface area contributed by atoms with Crippen LogP contribution in [0.4, 0.5) is 0 Å². The van der Waals surface area contributed by atoms with Crippen LogP contribution in [0.2, 0.25) is 0 Å². The lowest BCUT2D eigenvalue weighted by Gasteiger charge is -2.18. The fraction of sp³-hybridized carbons (Fsp3) is 0.673. The lowest BCUT2D eigenvalue weighted by atomic mass is 10.1. The molecule has 0 bridgehead atoms. The number of unbranched alkanes of at least 4 members (excludes halogenated alkanes) is 17. The van der Waals surface area contributed by atoms with E-state index in [-0.39, 0.29) is 31.6 Å². The Bertz CT molecular complexity index is 1160. The highest BCUT2D eigenvalue weighted by molar-refractivity contribution is 5.72. The van der Waals surface area contributed by atoms with Crippen LogP contribution in [0, 0.1) is 0 Å². The van der Waals surface area contributed by atoms with Crippen LogP contribution in [0.1, 0.15) is 207 Å². The molecule has 0 radical (unpaired) electrons. The average Bonchev–Trinajstić information content (AvgIpc) is 3.22. The highest BCUT2D eigenvalue weighted by Crippen LogP contribution is 2.12. The summed E-state index contributed by atoms with van der Waals surface area (Å²) in [5.74, 6) is -1.07. The van der Waals surface area contributed by atoms with E-state index in [4.69, 9.17) is 14.2 Å². The van der Waals surface area contributed by atoms with Gasteiger partial charge in [0.2, 0.25) is 0 Å². The van der Waals surface area contributed by atoms with E-state index < -0.39 is 12.1 Å². The van der Waals surface area contributed by atoms with Gasteiger partial charge in [0, 0.05) is 12.8 Å². The third-order valence-corrected chi connectivity index (χ3v) is 9.62. The number of hydrogen-bond donors (Lipinski definition) is 0. The van der Waals surface area contributed by atoms with E-state index in [1.807, 2.05) is 6.08 Å². The maximum absolute atomic E-state index is 12.7. The molecule has 0 amide bonds. The first-order valence-electron chi connectivity index (χ1n) is 23.6. The minimum atomic E-state index is -0.822. The minimum absolute atomic E-state index is 0.115. The lowest BCUT2D eigenvalue weighted by Crippen LogP contribution is -2.30. The predicted molar refractivity (Wildman–Crippen MR) is 247 cm³/mol. The summed E-state index contributed by atoms with van der Waals surface area (Å²) >= 11 is 0. The quantitative estimate of drug-likeness (QED) is 0.0265. The monoisotopic (exact) mass is 807 g/mol. The standard InChI is InChI=1S/C52H86O6/c1-4-7-10-13-16-19-22-24-26-28-30-33-36-39-42-45-51(54)57-48-49(47-56-50(53)44-41-38-35-32-21-18-15-12-9-6-3)58-52(55)46-43-40-37-34-31-29-27-25-23-20-17-14-11-8-5-2/h7,10,12,15-16,19,24-27,30,33,39,42,49H,4-6,8-9,11,13-14,17-18,20-23,28-29,31-32,34-38,40-41,43-48H2,1-3H3/b10-7-,15-12-,19-16-,26-24-,27-25-,33-30-,42-39-. The zero-order valence-corrected chi connectivity index (χ0v) is 37.5. The smallest absolute Gasteiger partial charge is 0.309 e. The molecule has 1 unspecified atom stereocenters. The molecule has 330 valence electrons. The zero-order chi connectivity index (χ0) is 42.3. The molecule has 58 heavy (non-hydrogen) atoms. The average molecular weight is 807 g/mol. The topological polar surface area (TPSA) is 78.9 Å². The Morgan fingerprint density at radius 1 is 0.379 bits per heavy atom. The van der Waals surface area contributed by atoms with Crippen LogP contribution in [0.3, 0.4) is 0 Å². The van der Waals surface area contributed by atoms with Crippen LogP contribution in [0.15, 0.2) is 85.1 Å². The minimum Gasteiger partial charge on any atom is -0.462 e. The first-order chi connectivity index (χ1) is 28.5. The number of ether oxygens (including phenoxy) is 3. The molecule has 0 fully saturated rings. The first-order valence-corrected chi connectivity index (χ1v) is 23.6. The van der Waals surface area contributed by atoms with Gasteiger partial charge in [-0.05, 0) is 89.9 Å².